The molecule has 0 aliphatic carbocycles. The van der Waals surface area contributed by atoms with E-state index in [2.05, 4.69) is 47.7 Å². The maximum Gasteiger partial charge on any atom is 0.257 e. The van der Waals surface area contributed by atoms with Crippen molar-refractivity contribution in [1.82, 2.24) is 4.98 Å². The van der Waals surface area contributed by atoms with E-state index in [1.54, 1.807) is 18.5 Å². The number of hydrogen-bond acceptors (Lipinski definition) is 3. The summed E-state index contributed by atoms with van der Waals surface area (Å²) in [6, 6.07) is 17.4. The molecule has 3 aromatic rings. The molecule has 0 unspecified atom stereocenters. The SMILES string of the molecule is Cc1cc(C)cc(Nc2cncc(C(=O)Nc3ccccc3)c2)c1. The van der Waals surface area contributed by atoms with E-state index in [0.717, 1.165) is 17.1 Å². The number of nitrogens with one attached hydrogen (secondary N) is 2. The number of nitrogens with zero attached hydrogens (tertiary/aromatic N) is 1. The molecule has 0 radical (unpaired) electrons. The zero-order valence-corrected chi connectivity index (χ0v) is 13.7. The molecule has 1 aromatic heterocycles. The van der Waals surface area contributed by atoms with Crippen LogP contribution in [0.4, 0.5) is 17.1 Å². The Morgan fingerprint density at radius 1 is 0.833 bits per heavy atom. The van der Waals surface area contributed by atoms with Gasteiger partial charge >= 0.3 is 0 Å². The summed E-state index contributed by atoms with van der Waals surface area (Å²) in [6.45, 7) is 4.11. The van der Waals surface area contributed by atoms with Crippen molar-refractivity contribution in [1.29, 1.82) is 0 Å². The highest BCUT2D eigenvalue weighted by atomic mass is 16.1. The van der Waals surface area contributed by atoms with E-state index in [4.69, 9.17) is 0 Å². The van der Waals surface area contributed by atoms with Gasteiger partial charge in [0.15, 0.2) is 0 Å². The summed E-state index contributed by atoms with van der Waals surface area (Å²) in [7, 11) is 0. The van der Waals surface area contributed by atoms with Crippen molar-refractivity contribution in [2.45, 2.75) is 13.8 Å². The topological polar surface area (TPSA) is 54.0 Å². The van der Waals surface area contributed by atoms with E-state index < -0.39 is 0 Å². The van der Waals surface area contributed by atoms with Gasteiger partial charge in [-0.2, -0.15) is 0 Å². The first-order valence-corrected chi connectivity index (χ1v) is 7.77. The monoisotopic (exact) mass is 317 g/mol. The van der Waals surface area contributed by atoms with E-state index in [9.17, 15) is 4.79 Å². The molecule has 120 valence electrons. The Kier molecular flexibility index (Phi) is 4.57. The average molecular weight is 317 g/mol. The molecule has 0 aliphatic heterocycles. The summed E-state index contributed by atoms with van der Waals surface area (Å²) in [5.41, 5.74) is 5.39. The zero-order valence-electron chi connectivity index (χ0n) is 13.7. The van der Waals surface area contributed by atoms with Gasteiger partial charge in [-0.15, -0.1) is 0 Å². The summed E-state index contributed by atoms with van der Waals surface area (Å²) >= 11 is 0. The third kappa shape index (κ3) is 3.98. The lowest BCUT2D eigenvalue weighted by atomic mass is 10.1. The Morgan fingerprint density at radius 2 is 1.54 bits per heavy atom. The molecule has 3 rings (SSSR count). The smallest absolute Gasteiger partial charge is 0.257 e. The van der Waals surface area contributed by atoms with Crippen LogP contribution >= 0.6 is 0 Å². The predicted octanol–water partition coefficient (Wildman–Crippen LogP) is 4.69. The van der Waals surface area contributed by atoms with Crippen LogP contribution in [0.25, 0.3) is 0 Å². The van der Waals surface area contributed by atoms with Crippen LogP contribution in [0, 0.1) is 13.8 Å². The van der Waals surface area contributed by atoms with Gasteiger partial charge in [-0.05, 0) is 55.3 Å². The first kappa shape index (κ1) is 15.7. The minimum Gasteiger partial charge on any atom is -0.354 e. The van der Waals surface area contributed by atoms with Crippen molar-refractivity contribution in [2.24, 2.45) is 0 Å². The van der Waals surface area contributed by atoms with Crippen LogP contribution < -0.4 is 10.6 Å². The molecule has 0 saturated heterocycles. The van der Waals surface area contributed by atoms with Crippen molar-refractivity contribution in [3.8, 4) is 0 Å². The van der Waals surface area contributed by atoms with Crippen molar-refractivity contribution < 1.29 is 4.79 Å². The van der Waals surface area contributed by atoms with Crippen LogP contribution in [-0.2, 0) is 0 Å². The van der Waals surface area contributed by atoms with Crippen LogP contribution in [0.1, 0.15) is 21.5 Å². The van der Waals surface area contributed by atoms with Gasteiger partial charge in [0.05, 0.1) is 17.4 Å². The number of carbonyl (C=O) groups excluding carboxylic acids is 1. The normalized spacial score (nSPS) is 10.2. The van der Waals surface area contributed by atoms with Gasteiger partial charge in [-0.25, -0.2) is 0 Å². The average Bonchev–Trinajstić information content (AvgIpc) is 2.55. The van der Waals surface area contributed by atoms with Gasteiger partial charge < -0.3 is 10.6 Å². The number of carbonyl (C=O) groups is 1. The van der Waals surface area contributed by atoms with E-state index >= 15 is 0 Å². The number of para-hydroxylation sites is 1. The molecule has 0 atom stereocenters. The number of anilines is 3. The molecule has 2 N–H and O–H groups in total. The van der Waals surface area contributed by atoms with Crippen molar-refractivity contribution in [3.05, 3.63) is 83.7 Å². The van der Waals surface area contributed by atoms with Gasteiger partial charge in [0.2, 0.25) is 0 Å². The highest BCUT2D eigenvalue weighted by Crippen LogP contribution is 2.20. The van der Waals surface area contributed by atoms with Crippen LogP contribution in [0.5, 0.6) is 0 Å². The molecule has 0 bridgehead atoms. The minimum atomic E-state index is -0.183. The summed E-state index contributed by atoms with van der Waals surface area (Å²) in [6.07, 6.45) is 3.27. The van der Waals surface area contributed by atoms with Gasteiger partial charge in [0.1, 0.15) is 0 Å². The molecule has 0 aliphatic rings. The Hall–Kier alpha value is -3.14. The summed E-state index contributed by atoms with van der Waals surface area (Å²) < 4.78 is 0. The molecule has 2 aromatic carbocycles. The fourth-order valence-electron chi connectivity index (χ4n) is 2.57. The maximum atomic E-state index is 12.3. The fraction of sp³-hybridized carbons (Fsp3) is 0.100. The van der Waals surface area contributed by atoms with Crippen LogP contribution in [0.15, 0.2) is 67.0 Å². The number of benzene rings is 2. The molecule has 0 fully saturated rings. The number of aryl methyl sites for hydroxylation is 2. The second-order valence-electron chi connectivity index (χ2n) is 5.78. The number of aromatic nitrogens is 1. The van der Waals surface area contributed by atoms with Crippen LogP contribution in [0.2, 0.25) is 0 Å². The van der Waals surface area contributed by atoms with Gasteiger partial charge in [0.25, 0.3) is 5.91 Å². The van der Waals surface area contributed by atoms with Crippen LogP contribution in [0.3, 0.4) is 0 Å². The molecular weight excluding hydrogens is 298 g/mol. The zero-order chi connectivity index (χ0) is 16.9. The minimum absolute atomic E-state index is 0.183. The molecule has 4 heteroatoms. The van der Waals surface area contributed by atoms with Crippen LogP contribution in [-0.4, -0.2) is 10.9 Å². The molecule has 24 heavy (non-hydrogen) atoms. The van der Waals surface area contributed by atoms with Gasteiger partial charge in [0, 0.05) is 17.6 Å². The van der Waals surface area contributed by atoms with Gasteiger partial charge in [-0.3, -0.25) is 9.78 Å². The summed E-state index contributed by atoms with van der Waals surface area (Å²) in [5.74, 6) is -0.183. The standard InChI is InChI=1S/C20H19N3O/c1-14-8-15(2)10-18(9-14)22-19-11-16(12-21-13-19)20(24)23-17-6-4-3-5-7-17/h3-13,22H,1-2H3,(H,23,24). The maximum absolute atomic E-state index is 12.3. The molecule has 0 saturated carbocycles. The highest BCUT2D eigenvalue weighted by Gasteiger charge is 2.08. The fourth-order valence-corrected chi connectivity index (χ4v) is 2.57. The third-order valence-corrected chi connectivity index (χ3v) is 3.54. The second-order valence-corrected chi connectivity index (χ2v) is 5.78. The lowest BCUT2D eigenvalue weighted by molar-refractivity contribution is 0.102. The molecular formula is C20H19N3O. The van der Waals surface area contributed by atoms with Crippen molar-refractivity contribution in [3.63, 3.8) is 0 Å². The third-order valence-electron chi connectivity index (χ3n) is 3.54. The number of amides is 1. The summed E-state index contributed by atoms with van der Waals surface area (Å²) in [4.78, 5) is 16.5. The van der Waals surface area contributed by atoms with E-state index in [1.165, 1.54) is 11.1 Å². The quantitative estimate of drug-likeness (QED) is 0.733. The highest BCUT2D eigenvalue weighted by molar-refractivity contribution is 6.04. The number of rotatable bonds is 4. The van der Waals surface area contributed by atoms with E-state index in [-0.39, 0.29) is 5.91 Å². The molecule has 0 spiro atoms. The lowest BCUT2D eigenvalue weighted by Crippen LogP contribution is -2.12. The molecule has 1 heterocycles. The second kappa shape index (κ2) is 6.96. The molecule has 4 nitrogen and oxygen atoms in total. The Labute approximate surface area is 141 Å². The Morgan fingerprint density at radius 3 is 2.25 bits per heavy atom. The first-order valence-electron chi connectivity index (χ1n) is 7.77. The first-order chi connectivity index (χ1) is 11.6. The lowest BCUT2D eigenvalue weighted by Gasteiger charge is -2.10. The Balaban J connectivity index is 1.77. The number of pyridine rings is 1. The molecule has 1 amide bonds. The predicted molar refractivity (Wildman–Crippen MR) is 97.8 cm³/mol. The number of hydrogen-bond donors (Lipinski definition) is 2. The largest absolute Gasteiger partial charge is 0.354 e. The van der Waals surface area contributed by atoms with Gasteiger partial charge in [-0.1, -0.05) is 24.3 Å². The van der Waals surface area contributed by atoms with Crippen molar-refractivity contribution >= 4 is 23.0 Å². The van der Waals surface area contributed by atoms with E-state index in [0.29, 0.717) is 5.56 Å². The Bertz CT molecular complexity index is 840. The van der Waals surface area contributed by atoms with Crippen molar-refractivity contribution in [2.75, 3.05) is 10.6 Å². The summed E-state index contributed by atoms with van der Waals surface area (Å²) in [5, 5.41) is 6.16. The van der Waals surface area contributed by atoms with E-state index in [1.807, 2.05) is 30.3 Å².